The number of halogens is 3. The molecule has 2 aromatic rings. The van der Waals surface area contributed by atoms with Gasteiger partial charge in [0.1, 0.15) is 17.5 Å². The highest BCUT2D eigenvalue weighted by atomic mass is 32.2. The molecule has 1 aliphatic carbocycles. The molecule has 0 unspecified atom stereocenters. The van der Waals surface area contributed by atoms with E-state index in [0.29, 0.717) is 30.0 Å². The molecule has 32 heavy (non-hydrogen) atoms. The van der Waals surface area contributed by atoms with Gasteiger partial charge < -0.3 is 0 Å². The topological polar surface area (TPSA) is 47.0 Å². The molecule has 1 heterocycles. The number of carbonyl (C=O) groups is 2. The number of benzene rings is 1. The summed E-state index contributed by atoms with van der Waals surface area (Å²) in [6.45, 7) is 6.13. The first-order chi connectivity index (χ1) is 15.1. The van der Waals surface area contributed by atoms with Crippen molar-refractivity contribution in [3.8, 4) is 0 Å². The molecular formula is C25H28F3NO2S. The largest absolute Gasteiger partial charge is 0.417 e. The molecule has 1 aromatic heterocycles. The molecule has 0 amide bonds. The van der Waals surface area contributed by atoms with Crippen LogP contribution in [-0.4, -0.2) is 22.3 Å². The number of alkyl halides is 3. The lowest BCUT2D eigenvalue weighted by Gasteiger charge is -2.29. The molecule has 0 aliphatic heterocycles. The third kappa shape index (κ3) is 5.61. The lowest BCUT2D eigenvalue weighted by molar-refractivity contribution is -0.138. The highest BCUT2D eigenvalue weighted by molar-refractivity contribution is 7.99. The second kappa shape index (κ2) is 10.2. The third-order valence-electron chi connectivity index (χ3n) is 6.01. The Balaban J connectivity index is 1.64. The SMILES string of the molecule is CCc1cc(C)cc(CC)c1C1C(=O)CC(CCSc2ccc(C(F)(F)F)cn2)CC1=O. The predicted molar refractivity (Wildman–Crippen MR) is 120 cm³/mol. The molecule has 0 radical (unpaired) electrons. The zero-order valence-electron chi connectivity index (χ0n) is 18.6. The summed E-state index contributed by atoms with van der Waals surface area (Å²) in [6, 6.07) is 6.53. The lowest BCUT2D eigenvalue weighted by Crippen LogP contribution is -2.33. The fourth-order valence-electron chi connectivity index (χ4n) is 4.45. The highest BCUT2D eigenvalue weighted by Crippen LogP contribution is 2.37. The van der Waals surface area contributed by atoms with Crippen molar-refractivity contribution >= 4 is 23.3 Å². The normalized spacial score (nSPS) is 19.4. The average Bonchev–Trinajstić information content (AvgIpc) is 2.73. The van der Waals surface area contributed by atoms with Crippen LogP contribution in [-0.2, 0) is 28.6 Å². The number of aryl methyl sites for hydroxylation is 3. The Morgan fingerprint density at radius 2 is 1.62 bits per heavy atom. The third-order valence-corrected chi connectivity index (χ3v) is 6.99. The number of nitrogens with zero attached hydrogens (tertiary/aromatic N) is 1. The van der Waals surface area contributed by atoms with Crippen LogP contribution in [0.3, 0.4) is 0 Å². The van der Waals surface area contributed by atoms with Crippen molar-refractivity contribution in [2.45, 2.75) is 70.0 Å². The number of carbonyl (C=O) groups excluding carboxylic acids is 2. The standard InChI is InChI=1S/C25H28F3NO2S/c1-4-17-10-15(3)11-18(5-2)23(17)24-20(30)12-16(13-21(24)31)8-9-32-22-7-6-19(14-29-22)25(26,27)28/h6-7,10-11,14,16,24H,4-5,8-9,12-13H2,1-3H3. The van der Waals surface area contributed by atoms with Crippen LogP contribution in [0, 0.1) is 12.8 Å². The zero-order valence-corrected chi connectivity index (χ0v) is 19.4. The molecule has 0 bridgehead atoms. The van der Waals surface area contributed by atoms with Crippen molar-refractivity contribution in [3.05, 3.63) is 58.3 Å². The Kier molecular flexibility index (Phi) is 7.80. The molecule has 1 aliphatic rings. The molecule has 3 rings (SSSR count). The van der Waals surface area contributed by atoms with Gasteiger partial charge in [0.15, 0.2) is 0 Å². The Labute approximate surface area is 191 Å². The fraction of sp³-hybridized carbons (Fsp3) is 0.480. The van der Waals surface area contributed by atoms with Gasteiger partial charge >= 0.3 is 6.18 Å². The van der Waals surface area contributed by atoms with Gasteiger partial charge in [-0.1, -0.05) is 31.5 Å². The van der Waals surface area contributed by atoms with E-state index in [4.69, 9.17) is 0 Å². The summed E-state index contributed by atoms with van der Waals surface area (Å²) < 4.78 is 37.9. The number of rotatable bonds is 7. The maximum atomic E-state index is 13.1. The fourth-order valence-corrected chi connectivity index (χ4v) is 5.41. The van der Waals surface area contributed by atoms with Gasteiger partial charge in [-0.3, -0.25) is 9.59 Å². The molecule has 1 aromatic carbocycles. The molecular weight excluding hydrogens is 435 g/mol. The smallest absolute Gasteiger partial charge is 0.299 e. The summed E-state index contributed by atoms with van der Waals surface area (Å²) in [4.78, 5) is 30.0. The summed E-state index contributed by atoms with van der Waals surface area (Å²) >= 11 is 1.35. The van der Waals surface area contributed by atoms with E-state index in [1.807, 2.05) is 20.8 Å². The molecule has 7 heteroatoms. The lowest BCUT2D eigenvalue weighted by atomic mass is 9.73. The Bertz CT molecular complexity index is 943. The second-order valence-corrected chi connectivity index (χ2v) is 9.48. The van der Waals surface area contributed by atoms with E-state index in [-0.39, 0.29) is 17.5 Å². The van der Waals surface area contributed by atoms with E-state index >= 15 is 0 Å². The van der Waals surface area contributed by atoms with Crippen LogP contribution in [0.1, 0.15) is 66.8 Å². The minimum absolute atomic E-state index is 0.0165. The van der Waals surface area contributed by atoms with Crippen LogP contribution in [0.2, 0.25) is 0 Å². The van der Waals surface area contributed by atoms with Crippen molar-refractivity contribution in [2.24, 2.45) is 5.92 Å². The summed E-state index contributed by atoms with van der Waals surface area (Å²) in [6.07, 6.45) is -0.647. The minimum atomic E-state index is -4.40. The molecule has 0 atom stereocenters. The van der Waals surface area contributed by atoms with Gasteiger partial charge in [0.25, 0.3) is 0 Å². The number of hydrogen-bond donors (Lipinski definition) is 0. The summed E-state index contributed by atoms with van der Waals surface area (Å²) in [5, 5.41) is 0.504. The Morgan fingerprint density at radius 1 is 1.03 bits per heavy atom. The van der Waals surface area contributed by atoms with Gasteiger partial charge in [-0.05, 0) is 66.7 Å². The van der Waals surface area contributed by atoms with Crippen molar-refractivity contribution in [1.29, 1.82) is 0 Å². The minimum Gasteiger partial charge on any atom is -0.299 e. The van der Waals surface area contributed by atoms with Gasteiger partial charge in [-0.25, -0.2) is 4.98 Å². The maximum Gasteiger partial charge on any atom is 0.417 e. The van der Waals surface area contributed by atoms with Gasteiger partial charge in [0.05, 0.1) is 10.6 Å². The van der Waals surface area contributed by atoms with Crippen molar-refractivity contribution < 1.29 is 22.8 Å². The monoisotopic (exact) mass is 463 g/mol. The quantitative estimate of drug-likeness (QED) is 0.355. The number of pyridine rings is 1. The van der Waals surface area contributed by atoms with Crippen molar-refractivity contribution in [2.75, 3.05) is 5.75 Å². The van der Waals surface area contributed by atoms with Gasteiger partial charge in [0, 0.05) is 19.0 Å². The summed E-state index contributed by atoms with van der Waals surface area (Å²) in [5.41, 5.74) is 3.44. The van der Waals surface area contributed by atoms with E-state index in [1.54, 1.807) is 0 Å². The van der Waals surface area contributed by atoms with Crippen LogP contribution in [0.15, 0.2) is 35.5 Å². The Hall–Kier alpha value is -2.15. The number of aromatic nitrogens is 1. The summed E-state index contributed by atoms with van der Waals surface area (Å²) in [5.74, 6) is -0.136. The van der Waals surface area contributed by atoms with Crippen LogP contribution >= 0.6 is 11.8 Å². The van der Waals surface area contributed by atoms with E-state index in [9.17, 15) is 22.8 Å². The van der Waals surface area contributed by atoms with Crippen LogP contribution in [0.25, 0.3) is 0 Å². The van der Waals surface area contributed by atoms with Gasteiger partial charge in [-0.15, -0.1) is 11.8 Å². The predicted octanol–water partition coefficient (Wildman–Crippen LogP) is 6.35. The van der Waals surface area contributed by atoms with E-state index in [0.717, 1.165) is 47.4 Å². The van der Waals surface area contributed by atoms with Gasteiger partial charge in [-0.2, -0.15) is 13.2 Å². The molecule has 172 valence electrons. The maximum absolute atomic E-state index is 13.1. The summed E-state index contributed by atoms with van der Waals surface area (Å²) in [7, 11) is 0. The van der Waals surface area contributed by atoms with Gasteiger partial charge in [0.2, 0.25) is 0 Å². The zero-order chi connectivity index (χ0) is 23.5. The van der Waals surface area contributed by atoms with E-state index in [1.165, 1.54) is 17.8 Å². The number of thioether (sulfide) groups is 1. The molecule has 3 nitrogen and oxygen atoms in total. The second-order valence-electron chi connectivity index (χ2n) is 8.36. The number of ketones is 2. The molecule has 1 fully saturated rings. The van der Waals surface area contributed by atoms with Crippen molar-refractivity contribution in [3.63, 3.8) is 0 Å². The molecule has 0 spiro atoms. The number of hydrogen-bond acceptors (Lipinski definition) is 4. The van der Waals surface area contributed by atoms with Crippen molar-refractivity contribution in [1.82, 2.24) is 4.98 Å². The molecule has 0 N–H and O–H groups in total. The number of Topliss-reactive ketones (excluding diaryl/α,β-unsaturated/α-hetero) is 2. The van der Waals surface area contributed by atoms with E-state index < -0.39 is 17.7 Å². The van der Waals surface area contributed by atoms with Crippen LogP contribution < -0.4 is 0 Å². The first-order valence-corrected chi connectivity index (χ1v) is 12.0. The Morgan fingerprint density at radius 3 is 2.09 bits per heavy atom. The average molecular weight is 464 g/mol. The molecule has 0 saturated heterocycles. The van der Waals surface area contributed by atoms with Crippen LogP contribution in [0.5, 0.6) is 0 Å². The van der Waals surface area contributed by atoms with E-state index in [2.05, 4.69) is 17.1 Å². The highest BCUT2D eigenvalue weighted by Gasteiger charge is 2.38. The first-order valence-electron chi connectivity index (χ1n) is 11.0. The van der Waals surface area contributed by atoms with Crippen LogP contribution in [0.4, 0.5) is 13.2 Å². The first kappa shape index (κ1) is 24.5. The molecule has 1 saturated carbocycles.